The first-order valence-corrected chi connectivity index (χ1v) is 8.54. The van der Waals surface area contributed by atoms with Gasteiger partial charge in [0.05, 0.1) is 6.61 Å². The van der Waals surface area contributed by atoms with Crippen LogP contribution in [0, 0.1) is 0 Å². The zero-order valence-corrected chi connectivity index (χ0v) is 15.3. The molecule has 0 bridgehead atoms. The quantitative estimate of drug-likeness (QED) is 0.319. The van der Waals surface area contributed by atoms with Crippen LogP contribution in [0.2, 0.25) is 0 Å². The molecule has 0 unspecified atom stereocenters. The van der Waals surface area contributed by atoms with Crippen molar-refractivity contribution >= 4 is 48.1 Å². The molecule has 0 saturated carbocycles. The Morgan fingerprint density at radius 1 is 0.789 bits per heavy atom. The average Bonchev–Trinajstić information content (AvgIpc) is 2.29. The van der Waals surface area contributed by atoms with Crippen molar-refractivity contribution < 1.29 is 17.2 Å². The van der Waals surface area contributed by atoms with E-state index >= 15 is 0 Å². The van der Waals surface area contributed by atoms with E-state index < -0.39 is 10.4 Å². The largest absolute Gasteiger partial charge is 0.397 e. The van der Waals surface area contributed by atoms with Crippen LogP contribution in [0.15, 0.2) is 0 Å². The van der Waals surface area contributed by atoms with E-state index in [1.165, 1.54) is 51.4 Å². The van der Waals surface area contributed by atoms with Crippen LogP contribution in [-0.2, 0) is 14.6 Å². The average molecular weight is 321 g/mol. The Bertz CT molecular complexity index is 268. The first-order chi connectivity index (χ1) is 8.56. The Morgan fingerprint density at radius 3 is 1.53 bits per heavy atom. The van der Waals surface area contributed by atoms with Crippen LogP contribution in [0.4, 0.5) is 0 Å². The molecule has 112 valence electrons. The maximum atomic E-state index is 10.2. The zero-order valence-electron chi connectivity index (χ0n) is 12.3. The van der Waals surface area contributed by atoms with Crippen molar-refractivity contribution in [1.29, 1.82) is 0 Å². The summed E-state index contributed by atoms with van der Waals surface area (Å²) in [5.41, 5.74) is 0. The van der Waals surface area contributed by atoms with Gasteiger partial charge in [0, 0.05) is 37.7 Å². The van der Waals surface area contributed by atoms with Crippen molar-refractivity contribution in [2.45, 2.75) is 77.6 Å². The van der Waals surface area contributed by atoms with Crippen molar-refractivity contribution in [3.8, 4) is 0 Å². The predicted molar refractivity (Wildman–Crippen MR) is 79.7 cm³/mol. The molecule has 0 aliphatic rings. The molecule has 0 heterocycles. The second-order valence-corrected chi connectivity index (χ2v) is 5.88. The molecule has 0 atom stereocenters. The van der Waals surface area contributed by atoms with Gasteiger partial charge >= 0.3 is 10.4 Å². The minimum atomic E-state index is -4.24. The molecule has 0 saturated heterocycles. The minimum Gasteiger partial charge on any atom is -0.264 e. The molecule has 0 rings (SSSR count). The van der Waals surface area contributed by atoms with E-state index in [0.717, 1.165) is 12.8 Å². The van der Waals surface area contributed by atoms with Gasteiger partial charge in [-0.2, -0.15) is 8.42 Å². The molecule has 0 fully saturated rings. The number of hydrogen-bond acceptors (Lipinski definition) is 3. The van der Waals surface area contributed by atoms with E-state index in [0.29, 0.717) is 6.42 Å². The van der Waals surface area contributed by atoms with Crippen molar-refractivity contribution in [1.82, 2.24) is 0 Å². The van der Waals surface area contributed by atoms with Crippen molar-refractivity contribution in [2.24, 2.45) is 0 Å². The van der Waals surface area contributed by atoms with Gasteiger partial charge in [-0.1, -0.05) is 71.1 Å². The summed E-state index contributed by atoms with van der Waals surface area (Å²) < 4.78 is 33.1. The molecule has 19 heavy (non-hydrogen) atoms. The molecule has 0 aromatic carbocycles. The maximum Gasteiger partial charge on any atom is 0.397 e. The summed E-state index contributed by atoms with van der Waals surface area (Å²) in [5.74, 6) is 0. The summed E-state index contributed by atoms with van der Waals surface area (Å²) in [6.07, 6.45) is 13.3. The number of unbranched alkanes of at least 4 members (excludes halogenated alkanes) is 10. The van der Waals surface area contributed by atoms with Gasteiger partial charge in [-0.15, -0.1) is 0 Å². The van der Waals surface area contributed by atoms with Crippen LogP contribution in [0.25, 0.3) is 0 Å². The molecule has 0 aromatic heterocycles. The van der Waals surface area contributed by atoms with Crippen LogP contribution in [0.1, 0.15) is 77.6 Å². The van der Waals surface area contributed by atoms with Gasteiger partial charge in [0.1, 0.15) is 0 Å². The first-order valence-electron chi connectivity index (χ1n) is 7.18. The Balaban J connectivity index is 0. The van der Waals surface area contributed by atoms with Crippen LogP contribution >= 0.6 is 0 Å². The molecule has 2 radical (unpaired) electrons. The van der Waals surface area contributed by atoms with Gasteiger partial charge in [0.15, 0.2) is 0 Å². The van der Waals surface area contributed by atoms with E-state index in [4.69, 9.17) is 4.55 Å². The van der Waals surface area contributed by atoms with Gasteiger partial charge in [-0.3, -0.25) is 4.55 Å². The fourth-order valence-electron chi connectivity index (χ4n) is 1.93. The van der Waals surface area contributed by atoms with Crippen LogP contribution in [0.3, 0.4) is 0 Å². The van der Waals surface area contributed by atoms with Crippen LogP contribution < -0.4 is 0 Å². The van der Waals surface area contributed by atoms with Gasteiger partial charge in [-0.25, -0.2) is 4.18 Å². The van der Waals surface area contributed by atoms with Crippen LogP contribution in [0.5, 0.6) is 0 Å². The Morgan fingerprint density at radius 2 is 1.16 bits per heavy atom. The topological polar surface area (TPSA) is 63.6 Å². The Labute approximate surface area is 148 Å². The normalized spacial score (nSPS) is 11.3. The van der Waals surface area contributed by atoms with E-state index in [1.54, 1.807) is 0 Å². The summed E-state index contributed by atoms with van der Waals surface area (Å²) in [7, 11) is -4.24. The summed E-state index contributed by atoms with van der Waals surface area (Å²) in [4.78, 5) is 0. The van der Waals surface area contributed by atoms with Crippen LogP contribution in [-0.4, -0.2) is 57.3 Å². The van der Waals surface area contributed by atoms with E-state index in [-0.39, 0.29) is 44.3 Å². The van der Waals surface area contributed by atoms with Gasteiger partial charge in [0.2, 0.25) is 0 Å². The Kier molecular flexibility index (Phi) is 18.3. The molecule has 0 amide bonds. The molecule has 4 nitrogen and oxygen atoms in total. The van der Waals surface area contributed by atoms with Crippen molar-refractivity contribution in [2.75, 3.05) is 6.61 Å². The molecule has 0 aromatic rings. The summed E-state index contributed by atoms with van der Waals surface area (Å²) in [6.45, 7) is 2.32. The maximum absolute atomic E-state index is 10.2. The molecule has 0 spiro atoms. The third-order valence-electron chi connectivity index (χ3n) is 2.98. The molecular formula is C13H28CaO4S. The van der Waals surface area contributed by atoms with Crippen molar-refractivity contribution in [3.05, 3.63) is 0 Å². The first kappa shape index (κ1) is 22.4. The summed E-state index contributed by atoms with van der Waals surface area (Å²) in [5, 5.41) is 0. The molecule has 0 aliphatic heterocycles. The van der Waals surface area contributed by atoms with Crippen molar-refractivity contribution in [3.63, 3.8) is 0 Å². The van der Waals surface area contributed by atoms with E-state index in [2.05, 4.69) is 11.1 Å². The monoisotopic (exact) mass is 320 g/mol. The molecular weight excluding hydrogens is 292 g/mol. The number of hydrogen-bond donors (Lipinski definition) is 1. The van der Waals surface area contributed by atoms with Gasteiger partial charge in [-0.05, 0) is 6.42 Å². The molecule has 6 heteroatoms. The Hall–Kier alpha value is 1.13. The minimum absolute atomic E-state index is 0. The zero-order chi connectivity index (χ0) is 13.7. The number of rotatable bonds is 13. The predicted octanol–water partition coefficient (Wildman–Crippen LogP) is 3.74. The molecule has 1 N–H and O–H groups in total. The summed E-state index contributed by atoms with van der Waals surface area (Å²) >= 11 is 0. The smallest absolute Gasteiger partial charge is 0.264 e. The van der Waals surface area contributed by atoms with Gasteiger partial charge in [0.25, 0.3) is 0 Å². The van der Waals surface area contributed by atoms with Gasteiger partial charge < -0.3 is 0 Å². The second-order valence-electron chi connectivity index (χ2n) is 4.79. The fraction of sp³-hybridized carbons (Fsp3) is 1.00. The standard InChI is InChI=1S/C13H28O4S.Ca/c1-2-3-4-5-6-7-8-9-10-11-12-13-17-18(14,15)16;/h2-13H2,1H3,(H,14,15,16);. The summed E-state index contributed by atoms with van der Waals surface area (Å²) in [6, 6.07) is 0. The molecule has 0 aliphatic carbocycles. The SMILES string of the molecule is CCCCCCCCCCCCCOS(=O)(=O)O.[Ca]. The second kappa shape index (κ2) is 15.5. The van der Waals surface area contributed by atoms with E-state index in [9.17, 15) is 8.42 Å². The van der Waals surface area contributed by atoms with E-state index in [1.807, 2.05) is 0 Å². The third-order valence-corrected chi connectivity index (χ3v) is 3.44. The third kappa shape index (κ3) is 21.6. The fourth-order valence-corrected chi connectivity index (χ4v) is 2.26.